The lowest BCUT2D eigenvalue weighted by molar-refractivity contribution is 0.109. The van der Waals surface area contributed by atoms with Crippen molar-refractivity contribution >= 4 is 11.4 Å². The van der Waals surface area contributed by atoms with Gasteiger partial charge in [-0.25, -0.2) is 0 Å². The average molecular weight is 282 g/mol. The molecule has 1 aromatic heterocycles. The van der Waals surface area contributed by atoms with E-state index in [2.05, 4.69) is 24.8 Å². The van der Waals surface area contributed by atoms with Crippen LogP contribution in [0.2, 0.25) is 0 Å². The molecular weight excluding hydrogens is 264 g/mol. The van der Waals surface area contributed by atoms with Crippen molar-refractivity contribution in [3.63, 3.8) is 0 Å². The third-order valence-corrected chi connectivity index (χ3v) is 3.61. The first-order valence-electron chi connectivity index (χ1n) is 6.97. The number of rotatable bonds is 1. The van der Waals surface area contributed by atoms with Crippen molar-refractivity contribution in [1.29, 1.82) is 5.26 Å². The molecule has 0 unspecified atom stereocenters. The van der Waals surface area contributed by atoms with Crippen molar-refractivity contribution in [1.82, 2.24) is 0 Å². The number of benzene rings is 1. The SMILES string of the molecule is Cc1cc(N2CC(C)(C)Oc3ccc(C#N)cc32)c(C)o1. The van der Waals surface area contributed by atoms with Crippen LogP contribution in [0.15, 0.2) is 28.7 Å². The number of aryl methyl sites for hydroxylation is 2. The van der Waals surface area contributed by atoms with Gasteiger partial charge < -0.3 is 14.1 Å². The van der Waals surface area contributed by atoms with Gasteiger partial charge in [-0.2, -0.15) is 5.26 Å². The molecule has 2 heterocycles. The Hall–Kier alpha value is -2.41. The van der Waals surface area contributed by atoms with Gasteiger partial charge in [0.05, 0.1) is 29.6 Å². The molecule has 0 aliphatic carbocycles. The molecule has 4 nitrogen and oxygen atoms in total. The van der Waals surface area contributed by atoms with E-state index in [0.717, 1.165) is 28.6 Å². The minimum absolute atomic E-state index is 0.307. The number of nitriles is 1. The number of anilines is 2. The fraction of sp³-hybridized carbons (Fsp3) is 0.353. The summed E-state index contributed by atoms with van der Waals surface area (Å²) < 4.78 is 11.7. The molecule has 1 aromatic carbocycles. The molecule has 0 radical (unpaired) electrons. The maximum absolute atomic E-state index is 9.13. The number of nitrogens with zero attached hydrogens (tertiary/aromatic N) is 2. The maximum atomic E-state index is 9.13. The van der Waals surface area contributed by atoms with Crippen LogP contribution in [0.5, 0.6) is 5.75 Å². The molecule has 0 saturated carbocycles. The summed E-state index contributed by atoms with van der Waals surface area (Å²) in [6.45, 7) is 8.72. The molecule has 108 valence electrons. The predicted molar refractivity (Wildman–Crippen MR) is 81.1 cm³/mol. The third-order valence-electron chi connectivity index (χ3n) is 3.61. The second-order valence-corrected chi connectivity index (χ2v) is 6.04. The van der Waals surface area contributed by atoms with Crippen LogP contribution in [0.1, 0.15) is 30.9 Å². The van der Waals surface area contributed by atoms with Crippen LogP contribution in [-0.4, -0.2) is 12.1 Å². The van der Waals surface area contributed by atoms with Gasteiger partial charge in [0.2, 0.25) is 0 Å². The van der Waals surface area contributed by atoms with Crippen LogP contribution in [0.4, 0.5) is 11.4 Å². The van der Waals surface area contributed by atoms with Crippen LogP contribution < -0.4 is 9.64 Å². The second-order valence-electron chi connectivity index (χ2n) is 6.04. The van der Waals surface area contributed by atoms with Crippen molar-refractivity contribution in [3.8, 4) is 11.8 Å². The van der Waals surface area contributed by atoms with Gasteiger partial charge in [0.1, 0.15) is 22.9 Å². The first-order valence-corrected chi connectivity index (χ1v) is 6.97. The summed E-state index contributed by atoms with van der Waals surface area (Å²) in [6, 6.07) is 9.73. The van der Waals surface area contributed by atoms with E-state index >= 15 is 0 Å². The van der Waals surface area contributed by atoms with Gasteiger partial charge in [-0.3, -0.25) is 0 Å². The van der Waals surface area contributed by atoms with Crippen molar-refractivity contribution in [2.24, 2.45) is 0 Å². The van der Waals surface area contributed by atoms with Crippen LogP contribution in [-0.2, 0) is 0 Å². The molecule has 0 spiro atoms. The quantitative estimate of drug-likeness (QED) is 0.791. The Balaban J connectivity index is 2.17. The molecule has 0 fully saturated rings. The van der Waals surface area contributed by atoms with E-state index in [1.807, 2.05) is 32.0 Å². The van der Waals surface area contributed by atoms with Gasteiger partial charge in [-0.1, -0.05) is 0 Å². The largest absolute Gasteiger partial charge is 0.484 e. The molecule has 4 heteroatoms. The van der Waals surface area contributed by atoms with E-state index in [-0.39, 0.29) is 5.60 Å². The fourth-order valence-corrected chi connectivity index (χ4v) is 2.78. The summed E-state index contributed by atoms with van der Waals surface area (Å²) in [6.07, 6.45) is 0. The number of fused-ring (bicyclic) bond motifs is 1. The van der Waals surface area contributed by atoms with Crippen molar-refractivity contribution in [2.45, 2.75) is 33.3 Å². The van der Waals surface area contributed by atoms with Gasteiger partial charge in [0.15, 0.2) is 0 Å². The molecule has 0 amide bonds. The van der Waals surface area contributed by atoms with Crippen LogP contribution >= 0.6 is 0 Å². The molecule has 1 aliphatic rings. The summed E-state index contributed by atoms with van der Waals surface area (Å²) in [5, 5.41) is 9.13. The zero-order valence-corrected chi connectivity index (χ0v) is 12.7. The molecule has 21 heavy (non-hydrogen) atoms. The minimum atomic E-state index is -0.307. The van der Waals surface area contributed by atoms with E-state index < -0.39 is 0 Å². The van der Waals surface area contributed by atoms with Crippen LogP contribution in [0.25, 0.3) is 0 Å². The fourth-order valence-electron chi connectivity index (χ4n) is 2.78. The van der Waals surface area contributed by atoms with E-state index in [0.29, 0.717) is 12.1 Å². The zero-order valence-electron chi connectivity index (χ0n) is 12.7. The number of hydrogen-bond donors (Lipinski definition) is 0. The van der Waals surface area contributed by atoms with Gasteiger partial charge in [0, 0.05) is 6.07 Å². The summed E-state index contributed by atoms with van der Waals surface area (Å²) in [5.41, 5.74) is 2.26. The molecule has 0 bridgehead atoms. The number of hydrogen-bond acceptors (Lipinski definition) is 4. The topological polar surface area (TPSA) is 49.4 Å². The number of furan rings is 1. The normalized spacial score (nSPS) is 16.0. The van der Waals surface area contributed by atoms with E-state index in [1.165, 1.54) is 0 Å². The smallest absolute Gasteiger partial charge is 0.143 e. The Morgan fingerprint density at radius 2 is 1.95 bits per heavy atom. The average Bonchev–Trinajstić information content (AvgIpc) is 2.75. The Morgan fingerprint density at radius 1 is 1.19 bits per heavy atom. The zero-order chi connectivity index (χ0) is 15.2. The number of ether oxygens (including phenoxy) is 1. The molecule has 1 aliphatic heterocycles. The summed E-state index contributed by atoms with van der Waals surface area (Å²) in [7, 11) is 0. The second kappa shape index (κ2) is 4.56. The van der Waals surface area contributed by atoms with Gasteiger partial charge in [0.25, 0.3) is 0 Å². The van der Waals surface area contributed by atoms with E-state index in [1.54, 1.807) is 6.07 Å². The standard InChI is InChI=1S/C17H18N2O2/c1-11-7-14(12(2)20-11)19-10-17(3,4)21-16-6-5-13(9-18)8-15(16)19/h5-8H,10H2,1-4H3. The first-order chi connectivity index (χ1) is 9.89. The molecular formula is C17H18N2O2. The first kappa shape index (κ1) is 13.6. The highest BCUT2D eigenvalue weighted by Crippen LogP contribution is 2.43. The van der Waals surface area contributed by atoms with Crippen molar-refractivity contribution in [2.75, 3.05) is 11.4 Å². The lowest BCUT2D eigenvalue weighted by Crippen LogP contribution is -2.45. The van der Waals surface area contributed by atoms with Gasteiger partial charge >= 0.3 is 0 Å². The highest BCUT2D eigenvalue weighted by Gasteiger charge is 2.34. The Kier molecular flexibility index (Phi) is 2.94. The highest BCUT2D eigenvalue weighted by atomic mass is 16.5. The van der Waals surface area contributed by atoms with Crippen LogP contribution in [0, 0.1) is 25.2 Å². The summed E-state index contributed by atoms with van der Waals surface area (Å²) in [5.74, 6) is 2.55. The Morgan fingerprint density at radius 3 is 2.57 bits per heavy atom. The predicted octanol–water partition coefficient (Wildman–Crippen LogP) is 4.08. The Labute approximate surface area is 124 Å². The lowest BCUT2D eigenvalue weighted by atomic mass is 10.0. The highest BCUT2D eigenvalue weighted by molar-refractivity contribution is 5.73. The van der Waals surface area contributed by atoms with Gasteiger partial charge in [-0.15, -0.1) is 0 Å². The summed E-state index contributed by atoms with van der Waals surface area (Å²) in [4.78, 5) is 2.17. The van der Waals surface area contributed by atoms with Crippen molar-refractivity contribution in [3.05, 3.63) is 41.3 Å². The summed E-state index contributed by atoms with van der Waals surface area (Å²) >= 11 is 0. The van der Waals surface area contributed by atoms with Gasteiger partial charge in [-0.05, 0) is 45.9 Å². The van der Waals surface area contributed by atoms with E-state index in [9.17, 15) is 0 Å². The monoisotopic (exact) mass is 282 g/mol. The molecule has 3 rings (SSSR count). The molecule has 0 saturated heterocycles. The lowest BCUT2D eigenvalue weighted by Gasteiger charge is -2.40. The molecule has 0 atom stereocenters. The third kappa shape index (κ3) is 2.36. The molecule has 2 aromatic rings. The van der Waals surface area contributed by atoms with Crippen LogP contribution in [0.3, 0.4) is 0 Å². The van der Waals surface area contributed by atoms with E-state index in [4.69, 9.17) is 14.4 Å². The van der Waals surface area contributed by atoms with Crippen molar-refractivity contribution < 1.29 is 9.15 Å². The Bertz CT molecular complexity index is 738. The maximum Gasteiger partial charge on any atom is 0.143 e. The molecule has 0 N–H and O–H groups in total. The minimum Gasteiger partial charge on any atom is -0.484 e.